The molecule has 2 rings (SSSR count). The molecule has 21 heavy (non-hydrogen) atoms. The fraction of sp³-hybridized carbons (Fsp3) is 0.467. The van der Waals surface area contributed by atoms with Crippen molar-refractivity contribution in [1.82, 2.24) is 4.90 Å². The fourth-order valence-corrected chi connectivity index (χ4v) is 2.61. The summed E-state index contributed by atoms with van der Waals surface area (Å²) in [5.41, 5.74) is 0.737. The number of rotatable bonds is 3. The Hall–Kier alpha value is -1.56. The van der Waals surface area contributed by atoms with Crippen LogP contribution in [0.3, 0.4) is 0 Å². The Kier molecular flexibility index (Phi) is 5.61. The maximum Gasteiger partial charge on any atom is 0.321 e. The van der Waals surface area contributed by atoms with E-state index in [-0.39, 0.29) is 17.9 Å². The average molecular weight is 355 g/mol. The molecule has 0 saturated carbocycles. The maximum absolute atomic E-state index is 12.2. The van der Waals surface area contributed by atoms with E-state index >= 15 is 0 Å². The minimum atomic E-state index is -0.214. The van der Waals surface area contributed by atoms with Gasteiger partial charge in [-0.25, -0.2) is 4.79 Å². The lowest BCUT2D eigenvalue weighted by molar-refractivity contribution is -0.149. The molecular weight excluding hydrogens is 336 g/mol. The monoisotopic (exact) mass is 354 g/mol. The number of carbonyl (C=O) groups is 2. The van der Waals surface area contributed by atoms with Gasteiger partial charge in [-0.05, 0) is 44.0 Å². The van der Waals surface area contributed by atoms with E-state index in [1.54, 1.807) is 11.8 Å². The van der Waals surface area contributed by atoms with Crippen LogP contribution in [0.2, 0.25) is 0 Å². The lowest BCUT2D eigenvalue weighted by Gasteiger charge is -2.31. The number of hydrogen-bond donors (Lipinski definition) is 1. The van der Waals surface area contributed by atoms with Crippen LogP contribution >= 0.6 is 15.9 Å². The van der Waals surface area contributed by atoms with Crippen LogP contribution in [0.4, 0.5) is 10.5 Å². The van der Waals surface area contributed by atoms with Crippen molar-refractivity contribution in [2.24, 2.45) is 5.92 Å². The van der Waals surface area contributed by atoms with Crippen molar-refractivity contribution in [3.63, 3.8) is 0 Å². The normalized spacial score (nSPS) is 18.2. The summed E-state index contributed by atoms with van der Waals surface area (Å²) in [5.74, 6) is -0.423. The van der Waals surface area contributed by atoms with Crippen LogP contribution in [0.5, 0.6) is 0 Å². The standard InChI is InChI=1S/C15H19BrN2O3/c1-2-21-14(19)11-4-3-9-18(10-11)15(20)17-13-7-5-12(16)6-8-13/h5-8,11H,2-4,9-10H2,1H3,(H,17,20). The summed E-state index contributed by atoms with van der Waals surface area (Å²) >= 11 is 3.35. The van der Waals surface area contributed by atoms with Crippen LogP contribution in [-0.4, -0.2) is 36.6 Å². The first-order valence-electron chi connectivity index (χ1n) is 7.08. The van der Waals surface area contributed by atoms with Crippen LogP contribution in [-0.2, 0) is 9.53 Å². The SMILES string of the molecule is CCOC(=O)C1CCCN(C(=O)Nc2ccc(Br)cc2)C1. The number of amides is 2. The van der Waals surface area contributed by atoms with Gasteiger partial charge < -0.3 is 15.0 Å². The molecule has 1 atom stereocenters. The fourth-order valence-electron chi connectivity index (χ4n) is 2.35. The second-order valence-corrected chi connectivity index (χ2v) is 5.89. The average Bonchev–Trinajstić information content (AvgIpc) is 2.50. The molecule has 1 fully saturated rings. The molecule has 1 aromatic rings. The van der Waals surface area contributed by atoms with Crippen molar-refractivity contribution in [1.29, 1.82) is 0 Å². The number of benzene rings is 1. The third-order valence-corrected chi connectivity index (χ3v) is 3.95. The molecule has 0 bridgehead atoms. The highest BCUT2D eigenvalue weighted by atomic mass is 79.9. The van der Waals surface area contributed by atoms with E-state index < -0.39 is 0 Å². The number of esters is 1. The predicted octanol–water partition coefficient (Wildman–Crippen LogP) is 3.26. The first kappa shape index (κ1) is 15.8. The second-order valence-electron chi connectivity index (χ2n) is 4.97. The van der Waals surface area contributed by atoms with Crippen molar-refractivity contribution in [2.75, 3.05) is 25.0 Å². The summed E-state index contributed by atoms with van der Waals surface area (Å²) in [6, 6.07) is 7.22. The Morgan fingerprint density at radius 2 is 2.10 bits per heavy atom. The number of anilines is 1. The van der Waals surface area contributed by atoms with Crippen molar-refractivity contribution in [2.45, 2.75) is 19.8 Å². The molecule has 1 aliphatic rings. The molecule has 5 nitrogen and oxygen atoms in total. The summed E-state index contributed by atoms with van der Waals surface area (Å²) in [4.78, 5) is 25.7. The quantitative estimate of drug-likeness (QED) is 0.847. The summed E-state index contributed by atoms with van der Waals surface area (Å²) in [6.07, 6.45) is 1.60. The third-order valence-electron chi connectivity index (χ3n) is 3.42. The molecule has 1 unspecified atom stereocenters. The molecule has 1 aliphatic heterocycles. The van der Waals surface area contributed by atoms with E-state index in [1.165, 1.54) is 0 Å². The molecule has 1 aromatic carbocycles. The molecule has 1 heterocycles. The lowest BCUT2D eigenvalue weighted by Crippen LogP contribution is -2.44. The zero-order valence-electron chi connectivity index (χ0n) is 12.0. The van der Waals surface area contributed by atoms with Crippen LogP contribution in [0, 0.1) is 5.92 Å². The van der Waals surface area contributed by atoms with Gasteiger partial charge in [0.05, 0.1) is 12.5 Å². The second kappa shape index (κ2) is 7.45. The van der Waals surface area contributed by atoms with Gasteiger partial charge in [0.15, 0.2) is 0 Å². The van der Waals surface area contributed by atoms with Crippen LogP contribution in [0.25, 0.3) is 0 Å². The number of halogens is 1. The van der Waals surface area contributed by atoms with Gasteiger partial charge in [0.25, 0.3) is 0 Å². The predicted molar refractivity (Wildman–Crippen MR) is 84.1 cm³/mol. The van der Waals surface area contributed by atoms with Crippen LogP contribution < -0.4 is 5.32 Å². The smallest absolute Gasteiger partial charge is 0.321 e. The molecule has 6 heteroatoms. The van der Waals surface area contributed by atoms with Gasteiger partial charge in [0, 0.05) is 23.2 Å². The molecule has 1 N–H and O–H groups in total. The zero-order valence-corrected chi connectivity index (χ0v) is 13.6. The topological polar surface area (TPSA) is 58.6 Å². The number of carbonyl (C=O) groups excluding carboxylic acids is 2. The number of hydrogen-bond acceptors (Lipinski definition) is 3. The number of nitrogens with zero attached hydrogens (tertiary/aromatic N) is 1. The van der Waals surface area contributed by atoms with Crippen LogP contribution in [0.15, 0.2) is 28.7 Å². The van der Waals surface area contributed by atoms with Gasteiger partial charge in [-0.15, -0.1) is 0 Å². The van der Waals surface area contributed by atoms with E-state index in [0.717, 1.165) is 23.0 Å². The minimum Gasteiger partial charge on any atom is -0.466 e. The van der Waals surface area contributed by atoms with Gasteiger partial charge in [-0.3, -0.25) is 4.79 Å². The number of urea groups is 1. The third kappa shape index (κ3) is 4.46. The molecule has 2 amide bonds. The molecular formula is C15H19BrN2O3. The number of nitrogens with one attached hydrogen (secondary N) is 1. The highest BCUT2D eigenvalue weighted by Gasteiger charge is 2.29. The van der Waals surface area contributed by atoms with Gasteiger partial charge in [-0.2, -0.15) is 0 Å². The van der Waals surface area contributed by atoms with Crippen molar-refractivity contribution < 1.29 is 14.3 Å². The number of likely N-dealkylation sites (tertiary alicyclic amines) is 1. The summed E-state index contributed by atoms with van der Waals surface area (Å²) in [7, 11) is 0. The van der Waals surface area contributed by atoms with Gasteiger partial charge in [-0.1, -0.05) is 15.9 Å². The number of ether oxygens (including phenoxy) is 1. The Morgan fingerprint density at radius 1 is 1.38 bits per heavy atom. The molecule has 0 radical (unpaired) electrons. The highest BCUT2D eigenvalue weighted by Crippen LogP contribution is 2.20. The first-order chi connectivity index (χ1) is 10.1. The molecule has 114 valence electrons. The van der Waals surface area contributed by atoms with Gasteiger partial charge in [0.2, 0.25) is 0 Å². The van der Waals surface area contributed by atoms with Crippen molar-refractivity contribution in [3.8, 4) is 0 Å². The van der Waals surface area contributed by atoms with E-state index in [1.807, 2.05) is 24.3 Å². The first-order valence-corrected chi connectivity index (χ1v) is 7.87. The zero-order chi connectivity index (χ0) is 15.2. The molecule has 0 aliphatic carbocycles. The van der Waals surface area contributed by atoms with E-state index in [9.17, 15) is 9.59 Å². The Morgan fingerprint density at radius 3 is 2.76 bits per heavy atom. The van der Waals surface area contributed by atoms with E-state index in [4.69, 9.17) is 4.74 Å². The Balaban J connectivity index is 1.92. The Labute approximate surface area is 132 Å². The lowest BCUT2D eigenvalue weighted by atomic mass is 9.98. The molecule has 1 saturated heterocycles. The summed E-state index contributed by atoms with van der Waals surface area (Å²) in [5, 5.41) is 2.84. The van der Waals surface area contributed by atoms with Crippen molar-refractivity contribution >= 4 is 33.6 Å². The van der Waals surface area contributed by atoms with E-state index in [0.29, 0.717) is 19.7 Å². The summed E-state index contributed by atoms with van der Waals surface area (Å²) < 4.78 is 6.00. The van der Waals surface area contributed by atoms with Gasteiger partial charge >= 0.3 is 12.0 Å². The van der Waals surface area contributed by atoms with Crippen molar-refractivity contribution in [3.05, 3.63) is 28.7 Å². The molecule has 0 spiro atoms. The summed E-state index contributed by atoms with van der Waals surface area (Å²) in [6.45, 7) is 3.25. The largest absolute Gasteiger partial charge is 0.466 e. The van der Waals surface area contributed by atoms with Crippen LogP contribution in [0.1, 0.15) is 19.8 Å². The number of piperidine rings is 1. The van der Waals surface area contributed by atoms with E-state index in [2.05, 4.69) is 21.2 Å². The van der Waals surface area contributed by atoms with Gasteiger partial charge in [0.1, 0.15) is 0 Å². The Bertz CT molecular complexity index is 504. The highest BCUT2D eigenvalue weighted by molar-refractivity contribution is 9.10. The minimum absolute atomic E-state index is 0.175. The molecule has 0 aromatic heterocycles. The maximum atomic E-state index is 12.2.